The summed E-state index contributed by atoms with van der Waals surface area (Å²) >= 11 is 0. The first-order valence-corrected chi connectivity index (χ1v) is 6.27. The Morgan fingerprint density at radius 2 is 2.06 bits per heavy atom. The van der Waals surface area contributed by atoms with Gasteiger partial charge in [-0.05, 0) is 38.8 Å². The number of halogens is 1. The molecule has 0 radical (unpaired) electrons. The molecule has 100 valence electrons. The van der Waals surface area contributed by atoms with E-state index in [0.29, 0.717) is 0 Å². The normalized spacial score (nSPS) is 20.0. The fourth-order valence-electron chi connectivity index (χ4n) is 2.16. The summed E-state index contributed by atoms with van der Waals surface area (Å²) in [5.74, 6) is 0.121. The van der Waals surface area contributed by atoms with Gasteiger partial charge >= 0.3 is 0 Å². The number of hydrogen-bond donors (Lipinski definition) is 2. The maximum Gasteiger partial charge on any atom is 0.237 e. The molecule has 0 saturated carbocycles. The van der Waals surface area contributed by atoms with E-state index in [2.05, 4.69) is 41.8 Å². The van der Waals surface area contributed by atoms with Gasteiger partial charge in [0.05, 0.1) is 12.1 Å². The minimum Gasteiger partial charge on any atom is -0.348 e. The molecule has 3 nitrogen and oxygen atoms in total. The number of carbonyl (C=O) groups is 1. The maximum absolute atomic E-state index is 11.9. The number of nitrogens with one attached hydrogen (secondary N) is 2. The highest BCUT2D eigenvalue weighted by Crippen LogP contribution is 2.14. The van der Waals surface area contributed by atoms with Crippen molar-refractivity contribution in [2.24, 2.45) is 0 Å². The fourth-order valence-corrected chi connectivity index (χ4v) is 2.16. The van der Waals surface area contributed by atoms with E-state index in [1.165, 1.54) is 5.56 Å². The molecule has 1 aliphatic rings. The first-order chi connectivity index (χ1) is 8.16. The van der Waals surface area contributed by atoms with Gasteiger partial charge < -0.3 is 10.6 Å². The Bertz CT molecular complexity index is 385. The summed E-state index contributed by atoms with van der Waals surface area (Å²) in [4.78, 5) is 11.9. The van der Waals surface area contributed by atoms with Crippen molar-refractivity contribution in [2.75, 3.05) is 6.54 Å². The predicted molar refractivity (Wildman–Crippen MR) is 76.0 cm³/mol. The molecule has 4 heteroatoms. The molecule has 1 aliphatic heterocycles. The lowest BCUT2D eigenvalue weighted by molar-refractivity contribution is -0.123. The van der Waals surface area contributed by atoms with E-state index in [-0.39, 0.29) is 30.4 Å². The molecule has 0 aromatic heterocycles. The third kappa shape index (κ3) is 3.72. The van der Waals surface area contributed by atoms with Crippen LogP contribution in [0, 0.1) is 6.92 Å². The molecule has 2 rings (SSSR count). The van der Waals surface area contributed by atoms with E-state index in [1.54, 1.807) is 0 Å². The lowest BCUT2D eigenvalue weighted by Gasteiger charge is -2.17. The summed E-state index contributed by atoms with van der Waals surface area (Å²) < 4.78 is 0. The largest absolute Gasteiger partial charge is 0.348 e. The molecular formula is C14H21ClN2O. The highest BCUT2D eigenvalue weighted by atomic mass is 35.5. The topological polar surface area (TPSA) is 41.1 Å². The number of benzene rings is 1. The third-order valence-corrected chi connectivity index (χ3v) is 3.31. The van der Waals surface area contributed by atoms with Crippen LogP contribution in [0.2, 0.25) is 0 Å². The van der Waals surface area contributed by atoms with E-state index >= 15 is 0 Å². The van der Waals surface area contributed by atoms with E-state index < -0.39 is 0 Å². The predicted octanol–water partition coefficient (Wildman–Crippen LogP) is 2.35. The SMILES string of the molecule is Cc1ccc(C(C)NC(=O)[C@@H]2CCCN2)cc1.Cl. The van der Waals surface area contributed by atoms with Gasteiger partial charge in [-0.15, -0.1) is 12.4 Å². The Labute approximate surface area is 115 Å². The van der Waals surface area contributed by atoms with Gasteiger partial charge in [0.2, 0.25) is 5.91 Å². The van der Waals surface area contributed by atoms with Crippen molar-refractivity contribution in [1.29, 1.82) is 0 Å². The van der Waals surface area contributed by atoms with Gasteiger partial charge in [-0.3, -0.25) is 4.79 Å². The van der Waals surface area contributed by atoms with Crippen molar-refractivity contribution in [2.45, 2.75) is 38.8 Å². The lowest BCUT2D eigenvalue weighted by atomic mass is 10.1. The first-order valence-electron chi connectivity index (χ1n) is 6.27. The molecule has 0 aliphatic carbocycles. The maximum atomic E-state index is 11.9. The van der Waals surface area contributed by atoms with Crippen LogP contribution < -0.4 is 10.6 Å². The van der Waals surface area contributed by atoms with Gasteiger partial charge in [0.25, 0.3) is 0 Å². The molecule has 1 fully saturated rings. The van der Waals surface area contributed by atoms with Gasteiger partial charge in [0.1, 0.15) is 0 Å². The molecule has 2 atom stereocenters. The zero-order valence-corrected chi connectivity index (χ0v) is 11.7. The van der Waals surface area contributed by atoms with E-state index in [4.69, 9.17) is 0 Å². The van der Waals surface area contributed by atoms with Gasteiger partial charge in [-0.1, -0.05) is 29.8 Å². The molecule has 1 unspecified atom stereocenters. The number of aryl methyl sites for hydroxylation is 1. The summed E-state index contributed by atoms with van der Waals surface area (Å²) in [5.41, 5.74) is 2.40. The second-order valence-corrected chi connectivity index (χ2v) is 4.79. The second kappa shape index (κ2) is 6.76. The Balaban J connectivity index is 0.00000162. The molecule has 1 saturated heterocycles. The van der Waals surface area contributed by atoms with Crippen molar-refractivity contribution >= 4 is 18.3 Å². The molecule has 1 aromatic carbocycles. The van der Waals surface area contributed by atoms with Crippen LogP contribution in [0.5, 0.6) is 0 Å². The van der Waals surface area contributed by atoms with Crippen molar-refractivity contribution < 1.29 is 4.79 Å². The standard InChI is InChI=1S/C14H20N2O.ClH/c1-10-5-7-12(8-6-10)11(2)16-14(17)13-4-3-9-15-13;/h5-8,11,13,15H,3-4,9H2,1-2H3,(H,16,17);1H/t11?,13-;/m0./s1. The van der Waals surface area contributed by atoms with Crippen LogP contribution in [0.25, 0.3) is 0 Å². The minimum absolute atomic E-state index is 0. The van der Waals surface area contributed by atoms with Gasteiger partial charge in [0.15, 0.2) is 0 Å². The Kier molecular flexibility index (Phi) is 5.63. The second-order valence-electron chi connectivity index (χ2n) is 4.79. The highest BCUT2D eigenvalue weighted by Gasteiger charge is 2.23. The van der Waals surface area contributed by atoms with Crippen LogP contribution in [0.1, 0.15) is 36.9 Å². The third-order valence-electron chi connectivity index (χ3n) is 3.31. The number of carbonyl (C=O) groups excluding carboxylic acids is 1. The Morgan fingerprint density at radius 1 is 1.39 bits per heavy atom. The van der Waals surface area contributed by atoms with Crippen LogP contribution in [0.4, 0.5) is 0 Å². The summed E-state index contributed by atoms with van der Waals surface area (Å²) in [5, 5.41) is 6.27. The van der Waals surface area contributed by atoms with Crippen molar-refractivity contribution in [3.63, 3.8) is 0 Å². The molecule has 1 aromatic rings. The fraction of sp³-hybridized carbons (Fsp3) is 0.500. The summed E-state index contributed by atoms with van der Waals surface area (Å²) in [6.07, 6.45) is 2.05. The van der Waals surface area contributed by atoms with Crippen LogP contribution in [0.3, 0.4) is 0 Å². The van der Waals surface area contributed by atoms with Crippen molar-refractivity contribution in [1.82, 2.24) is 10.6 Å². The number of amides is 1. The molecule has 18 heavy (non-hydrogen) atoms. The van der Waals surface area contributed by atoms with Gasteiger partial charge in [-0.2, -0.15) is 0 Å². The number of hydrogen-bond acceptors (Lipinski definition) is 2. The van der Waals surface area contributed by atoms with Crippen LogP contribution in [-0.2, 0) is 4.79 Å². The molecule has 1 amide bonds. The average molecular weight is 269 g/mol. The Morgan fingerprint density at radius 3 is 2.61 bits per heavy atom. The zero-order valence-electron chi connectivity index (χ0n) is 10.9. The minimum atomic E-state index is 0. The molecule has 0 spiro atoms. The highest BCUT2D eigenvalue weighted by molar-refractivity contribution is 5.85. The van der Waals surface area contributed by atoms with E-state index in [0.717, 1.165) is 24.9 Å². The zero-order chi connectivity index (χ0) is 12.3. The molecule has 0 bridgehead atoms. The van der Waals surface area contributed by atoms with Crippen LogP contribution >= 0.6 is 12.4 Å². The van der Waals surface area contributed by atoms with Crippen molar-refractivity contribution in [3.05, 3.63) is 35.4 Å². The first kappa shape index (κ1) is 15.0. The Hall–Kier alpha value is -1.06. The van der Waals surface area contributed by atoms with Crippen LogP contribution in [0.15, 0.2) is 24.3 Å². The molecular weight excluding hydrogens is 248 g/mol. The summed E-state index contributed by atoms with van der Waals surface area (Å²) in [7, 11) is 0. The number of rotatable bonds is 3. The van der Waals surface area contributed by atoms with E-state index in [9.17, 15) is 4.79 Å². The van der Waals surface area contributed by atoms with Crippen molar-refractivity contribution in [3.8, 4) is 0 Å². The van der Waals surface area contributed by atoms with Gasteiger partial charge in [-0.25, -0.2) is 0 Å². The molecule has 2 N–H and O–H groups in total. The lowest BCUT2D eigenvalue weighted by Crippen LogP contribution is -2.41. The summed E-state index contributed by atoms with van der Waals surface area (Å²) in [6.45, 7) is 5.05. The quantitative estimate of drug-likeness (QED) is 0.884. The monoisotopic (exact) mass is 268 g/mol. The summed E-state index contributed by atoms with van der Waals surface area (Å²) in [6, 6.07) is 8.37. The van der Waals surface area contributed by atoms with Crippen LogP contribution in [-0.4, -0.2) is 18.5 Å². The van der Waals surface area contributed by atoms with Gasteiger partial charge in [0, 0.05) is 0 Å². The smallest absolute Gasteiger partial charge is 0.237 e. The molecule has 1 heterocycles. The average Bonchev–Trinajstić information content (AvgIpc) is 2.83. The van der Waals surface area contributed by atoms with E-state index in [1.807, 2.05) is 6.92 Å².